The smallest absolute Gasteiger partial charge is 0.336 e. The summed E-state index contributed by atoms with van der Waals surface area (Å²) in [5.41, 5.74) is -4.48. The number of hydrogen-bond acceptors (Lipinski definition) is 13. The van der Waals surface area contributed by atoms with Crippen LogP contribution in [0.2, 0.25) is 0 Å². The molecule has 6 saturated carbocycles. The van der Waals surface area contributed by atoms with E-state index in [4.69, 9.17) is 9.47 Å². The van der Waals surface area contributed by atoms with Gasteiger partial charge in [-0.15, -0.1) is 11.8 Å². The second-order valence-electron chi connectivity index (χ2n) is 25.0. The van der Waals surface area contributed by atoms with E-state index in [9.17, 15) is 49.8 Å². The Hall–Kier alpha value is -2.65. The van der Waals surface area contributed by atoms with Crippen LogP contribution in [0.25, 0.3) is 0 Å². The van der Waals surface area contributed by atoms with Crippen LogP contribution in [-0.2, 0) is 28.7 Å². The van der Waals surface area contributed by atoms with E-state index in [1.807, 2.05) is 27.7 Å². The molecule has 6 fully saturated rings. The Morgan fingerprint density at radius 3 is 1.33 bits per heavy atom. The molecule has 0 amide bonds. The van der Waals surface area contributed by atoms with Crippen LogP contribution in [-0.4, -0.2) is 113 Å². The van der Waals surface area contributed by atoms with Crippen LogP contribution in [0.3, 0.4) is 0 Å². The lowest BCUT2D eigenvalue weighted by Crippen LogP contribution is -2.75. The van der Waals surface area contributed by atoms with Gasteiger partial charge in [0.1, 0.15) is 35.6 Å². The molecule has 2 heterocycles. The molecule has 10 aliphatic rings. The van der Waals surface area contributed by atoms with Crippen LogP contribution in [0.5, 0.6) is 0 Å². The minimum Gasteiger partial charge on any atom is -0.458 e. The molecule has 380 valence electrons. The average Bonchev–Trinajstić information content (AvgIpc) is 3.85. The Labute approximate surface area is 412 Å². The maximum absolute atomic E-state index is 14.7. The fraction of sp³-hybridized carbons (Fsp3) is 0.786. The van der Waals surface area contributed by atoms with Crippen LogP contribution in [0, 0.1) is 80.8 Å². The number of aliphatic hydroxyl groups is 6. The SMILES string of the molecule is CC1=C(CO)C(=O)O[C@H]([C@@H](C)[C@H]2CC[C@H]3[C@@H]4C[C@H](S[C@H]5C[C@H]6[C@@H]7CC[C@H]([C@H](C)[C@@H]8CC(C)=C(CO)C(=O)O8)[C@@]7(C)CC[C@@H]6[C@@]6(C)C(=O)C=C[C@H](O)[C@@]56O)[C@]5(O)[C@@H](O)C=CC(=O)[C@]5(C)[C@H]4CC[C@]23C)C1. The molecule has 12 nitrogen and oxygen atoms in total. The van der Waals surface area contributed by atoms with E-state index in [2.05, 4.69) is 27.7 Å². The highest BCUT2D eigenvalue weighted by molar-refractivity contribution is 8.00. The van der Waals surface area contributed by atoms with Crippen LogP contribution in [0.4, 0.5) is 0 Å². The fourth-order valence-corrected chi connectivity index (χ4v) is 21.3. The Morgan fingerprint density at radius 2 is 0.986 bits per heavy atom. The normalized spacial score (nSPS) is 51.2. The molecule has 10 rings (SSSR count). The first kappa shape index (κ1) is 49.9. The largest absolute Gasteiger partial charge is 0.458 e. The maximum atomic E-state index is 14.7. The molecule has 0 aromatic carbocycles. The number of esters is 2. The van der Waals surface area contributed by atoms with Crippen molar-refractivity contribution in [1.29, 1.82) is 0 Å². The van der Waals surface area contributed by atoms with Gasteiger partial charge >= 0.3 is 11.9 Å². The predicted molar refractivity (Wildman–Crippen MR) is 259 cm³/mol. The van der Waals surface area contributed by atoms with E-state index in [1.54, 1.807) is 0 Å². The van der Waals surface area contributed by atoms with Gasteiger partial charge in [-0.2, -0.15) is 0 Å². The predicted octanol–water partition coefficient (Wildman–Crippen LogP) is 6.38. The standard InChI is InChI=1S/C56H78O12S/c1-27-21-41(67-49(63)33(27)25-57)29(3)35-9-11-37-31-23-47(55(65)45(61)15-13-43(59)53(55,7)39(31)17-19-51(35,37)5)69-48-24-32-38-12-10-36(30(4)42-22-28(2)34(26-58)50(64)68-42)52(38,6)20-18-40(32)54(8)44(60)14-16-46(62)56(48,54)66/h13-16,29-32,35-42,45-48,57-58,61-62,65-66H,9-12,17-26H2,1-8H3/t29-,30-,31-,32-,35+,36+,37-,38-,39-,40-,41-,42-,45-,46-,47-,48-,51+,52+,53-,54-,55+,56+/m0/s1. The number of rotatable bonds is 8. The lowest BCUT2D eigenvalue weighted by Gasteiger charge is -2.67. The molecular formula is C56H78O12S. The van der Waals surface area contributed by atoms with Crippen LogP contribution >= 0.6 is 11.8 Å². The number of allylic oxidation sites excluding steroid dienone is 2. The number of aliphatic hydroxyl groups excluding tert-OH is 4. The van der Waals surface area contributed by atoms with Crippen molar-refractivity contribution in [2.75, 3.05) is 13.2 Å². The molecule has 6 N–H and O–H groups in total. The molecule has 0 radical (unpaired) electrons. The third-order valence-electron chi connectivity index (χ3n) is 23.0. The van der Waals surface area contributed by atoms with Crippen LogP contribution in [0.15, 0.2) is 46.6 Å². The van der Waals surface area contributed by atoms with Crippen molar-refractivity contribution in [3.63, 3.8) is 0 Å². The molecule has 0 aromatic heterocycles. The van der Waals surface area contributed by atoms with Crippen molar-refractivity contribution >= 4 is 35.3 Å². The van der Waals surface area contributed by atoms with E-state index in [-0.39, 0.29) is 107 Å². The molecule has 69 heavy (non-hydrogen) atoms. The molecule has 0 saturated heterocycles. The Bertz CT molecular complexity index is 2150. The summed E-state index contributed by atoms with van der Waals surface area (Å²) < 4.78 is 12.1. The second-order valence-corrected chi connectivity index (χ2v) is 26.4. The van der Waals surface area contributed by atoms with Gasteiger partial charge in [-0.1, -0.05) is 38.8 Å². The first-order chi connectivity index (χ1) is 32.5. The third kappa shape index (κ3) is 6.60. The summed E-state index contributed by atoms with van der Waals surface area (Å²) in [5, 5.41) is 69.6. The monoisotopic (exact) mass is 975 g/mol. The van der Waals surface area contributed by atoms with Gasteiger partial charge in [0.05, 0.1) is 35.2 Å². The zero-order valence-corrected chi connectivity index (χ0v) is 42.8. The highest BCUT2D eigenvalue weighted by atomic mass is 32.2. The number of hydrogen-bond donors (Lipinski definition) is 6. The van der Waals surface area contributed by atoms with Gasteiger partial charge in [0.25, 0.3) is 0 Å². The Kier molecular flexibility index (Phi) is 12.3. The molecular weight excluding hydrogens is 897 g/mol. The van der Waals surface area contributed by atoms with Gasteiger partial charge in [0, 0.05) is 23.3 Å². The van der Waals surface area contributed by atoms with E-state index in [1.165, 1.54) is 36.1 Å². The minimum absolute atomic E-state index is 0.0195. The van der Waals surface area contributed by atoms with Crippen LogP contribution < -0.4 is 0 Å². The Balaban J connectivity index is 0.992. The molecule has 8 aliphatic carbocycles. The molecule has 0 aromatic rings. The summed E-state index contributed by atoms with van der Waals surface area (Å²) in [4.78, 5) is 55.4. The lowest BCUT2D eigenvalue weighted by molar-refractivity contribution is -0.218. The average molecular weight is 975 g/mol. The molecule has 0 bridgehead atoms. The zero-order chi connectivity index (χ0) is 49.7. The minimum atomic E-state index is -1.91. The number of fused-ring (bicyclic) bond motifs is 10. The highest BCUT2D eigenvalue weighted by Gasteiger charge is 2.75. The van der Waals surface area contributed by atoms with Crippen molar-refractivity contribution in [3.05, 3.63) is 46.6 Å². The van der Waals surface area contributed by atoms with E-state index >= 15 is 0 Å². The topological polar surface area (TPSA) is 208 Å². The number of ketones is 2. The van der Waals surface area contributed by atoms with Crippen molar-refractivity contribution in [3.8, 4) is 0 Å². The highest BCUT2D eigenvalue weighted by Crippen LogP contribution is 2.73. The second kappa shape index (κ2) is 17.0. The molecule has 13 heteroatoms. The molecule has 0 unspecified atom stereocenters. The van der Waals surface area contributed by atoms with Crippen molar-refractivity contribution < 1.29 is 59.3 Å². The van der Waals surface area contributed by atoms with Gasteiger partial charge < -0.3 is 40.1 Å². The summed E-state index contributed by atoms with van der Waals surface area (Å²) in [6.07, 6.45) is 11.1. The third-order valence-corrected chi connectivity index (χ3v) is 24.8. The van der Waals surface area contributed by atoms with E-state index in [0.717, 1.165) is 49.7 Å². The van der Waals surface area contributed by atoms with Crippen LogP contribution in [0.1, 0.15) is 132 Å². The maximum Gasteiger partial charge on any atom is 0.336 e. The summed E-state index contributed by atoms with van der Waals surface area (Å²) >= 11 is 1.40. The molecule has 2 aliphatic heterocycles. The first-order valence-electron chi connectivity index (χ1n) is 26.4. The summed E-state index contributed by atoms with van der Waals surface area (Å²) in [6, 6.07) is 0. The first-order valence-corrected chi connectivity index (χ1v) is 27.3. The number of cyclic esters (lactones) is 2. The molecule has 22 atom stereocenters. The van der Waals surface area contributed by atoms with Gasteiger partial charge in [-0.3, -0.25) is 9.59 Å². The number of carbonyl (C=O) groups is 4. The van der Waals surface area contributed by atoms with Crippen molar-refractivity contribution in [1.82, 2.24) is 0 Å². The summed E-state index contributed by atoms with van der Waals surface area (Å²) in [5.74, 6) is -0.993. The van der Waals surface area contributed by atoms with Gasteiger partial charge in [0.15, 0.2) is 11.6 Å². The van der Waals surface area contributed by atoms with Gasteiger partial charge in [0.2, 0.25) is 0 Å². The summed E-state index contributed by atoms with van der Waals surface area (Å²) in [7, 11) is 0. The number of carbonyl (C=O) groups excluding carboxylic acids is 4. The van der Waals surface area contributed by atoms with Gasteiger partial charge in [-0.05, 0) is 186 Å². The van der Waals surface area contributed by atoms with E-state index < -0.39 is 56.7 Å². The van der Waals surface area contributed by atoms with E-state index in [0.29, 0.717) is 49.7 Å². The van der Waals surface area contributed by atoms with Crippen molar-refractivity contribution in [2.24, 2.45) is 80.8 Å². The fourth-order valence-electron chi connectivity index (χ4n) is 19.1. The Morgan fingerprint density at radius 1 is 0.609 bits per heavy atom. The quantitative estimate of drug-likeness (QED) is 0.146. The zero-order valence-electron chi connectivity index (χ0n) is 42.0. The van der Waals surface area contributed by atoms with Gasteiger partial charge in [-0.25, -0.2) is 9.59 Å². The summed E-state index contributed by atoms with van der Waals surface area (Å²) in [6.45, 7) is 15.9. The lowest BCUT2D eigenvalue weighted by atomic mass is 9.42. The van der Waals surface area contributed by atoms with Crippen molar-refractivity contribution in [2.45, 2.75) is 179 Å². The number of thioether (sulfide) groups is 1. The molecule has 0 spiro atoms. The number of ether oxygens (including phenoxy) is 2.